The second-order valence-corrected chi connectivity index (χ2v) is 4.79. The summed E-state index contributed by atoms with van der Waals surface area (Å²) in [6.45, 7) is 2.53. The molecule has 0 unspecified atom stereocenters. The Morgan fingerprint density at radius 3 is 2.58 bits per heavy atom. The SMILES string of the molecule is CCCNc1ncnc(Nc2ccc(OC)cc2OC)c1[N+](=O)[O-]. The van der Waals surface area contributed by atoms with E-state index in [9.17, 15) is 10.1 Å². The number of hydrogen-bond donors (Lipinski definition) is 2. The lowest BCUT2D eigenvalue weighted by atomic mass is 10.2. The van der Waals surface area contributed by atoms with Gasteiger partial charge in [-0.1, -0.05) is 6.92 Å². The van der Waals surface area contributed by atoms with Crippen LogP contribution in [0.15, 0.2) is 24.5 Å². The number of nitrogens with one attached hydrogen (secondary N) is 2. The highest BCUT2D eigenvalue weighted by Gasteiger charge is 2.23. The standard InChI is InChI=1S/C15H19N5O4/c1-4-7-16-14-13(20(21)22)15(18-9-17-14)19-11-6-5-10(23-2)8-12(11)24-3/h5-6,8-9H,4,7H2,1-3H3,(H2,16,17,18,19). The Kier molecular flexibility index (Phi) is 5.72. The first-order valence-corrected chi connectivity index (χ1v) is 7.33. The fourth-order valence-electron chi connectivity index (χ4n) is 2.05. The Labute approximate surface area is 139 Å². The third-order valence-electron chi connectivity index (χ3n) is 3.21. The molecule has 1 heterocycles. The Hall–Kier alpha value is -3.10. The van der Waals surface area contributed by atoms with Crippen LogP contribution in [0.1, 0.15) is 13.3 Å². The van der Waals surface area contributed by atoms with Gasteiger partial charge in [-0.3, -0.25) is 10.1 Å². The van der Waals surface area contributed by atoms with Crippen molar-refractivity contribution >= 4 is 23.0 Å². The monoisotopic (exact) mass is 333 g/mol. The van der Waals surface area contributed by atoms with E-state index in [0.29, 0.717) is 23.7 Å². The van der Waals surface area contributed by atoms with Gasteiger partial charge in [0, 0.05) is 12.6 Å². The molecule has 0 amide bonds. The molecular formula is C15H19N5O4. The lowest BCUT2D eigenvalue weighted by molar-refractivity contribution is -0.383. The summed E-state index contributed by atoms with van der Waals surface area (Å²) in [5, 5.41) is 17.3. The van der Waals surface area contributed by atoms with Crippen LogP contribution in [-0.4, -0.2) is 35.7 Å². The summed E-state index contributed by atoms with van der Waals surface area (Å²) in [7, 11) is 3.05. The van der Waals surface area contributed by atoms with Crippen LogP contribution in [-0.2, 0) is 0 Å². The smallest absolute Gasteiger partial charge is 0.353 e. The Morgan fingerprint density at radius 1 is 1.21 bits per heavy atom. The molecule has 24 heavy (non-hydrogen) atoms. The molecule has 0 saturated carbocycles. The molecule has 2 aromatic rings. The topological polar surface area (TPSA) is 111 Å². The molecule has 0 aliphatic rings. The molecule has 0 fully saturated rings. The first-order chi connectivity index (χ1) is 11.6. The fraction of sp³-hybridized carbons (Fsp3) is 0.333. The molecule has 9 nitrogen and oxygen atoms in total. The number of ether oxygens (including phenoxy) is 2. The van der Waals surface area contributed by atoms with Crippen LogP contribution in [0.2, 0.25) is 0 Å². The van der Waals surface area contributed by atoms with Gasteiger partial charge in [0.25, 0.3) is 0 Å². The first kappa shape index (κ1) is 17.3. The van der Waals surface area contributed by atoms with E-state index in [2.05, 4.69) is 20.6 Å². The van der Waals surface area contributed by atoms with Crippen molar-refractivity contribution in [1.29, 1.82) is 0 Å². The van der Waals surface area contributed by atoms with Gasteiger partial charge in [-0.15, -0.1) is 0 Å². The summed E-state index contributed by atoms with van der Waals surface area (Å²) < 4.78 is 10.4. The highest BCUT2D eigenvalue weighted by Crippen LogP contribution is 2.35. The minimum absolute atomic E-state index is 0.0806. The summed E-state index contributed by atoms with van der Waals surface area (Å²) in [4.78, 5) is 18.9. The first-order valence-electron chi connectivity index (χ1n) is 7.33. The van der Waals surface area contributed by atoms with Gasteiger partial charge in [0.2, 0.25) is 11.6 Å². The van der Waals surface area contributed by atoms with Gasteiger partial charge >= 0.3 is 5.69 Å². The summed E-state index contributed by atoms with van der Waals surface area (Å²) in [5.74, 6) is 1.34. The van der Waals surface area contributed by atoms with Gasteiger partial charge in [-0.2, -0.15) is 0 Å². The molecular weight excluding hydrogens is 314 g/mol. The third-order valence-corrected chi connectivity index (χ3v) is 3.21. The van der Waals surface area contributed by atoms with E-state index >= 15 is 0 Å². The maximum absolute atomic E-state index is 11.4. The molecule has 2 rings (SSSR count). The van der Waals surface area contributed by atoms with Crippen molar-refractivity contribution in [2.75, 3.05) is 31.4 Å². The van der Waals surface area contributed by atoms with Gasteiger partial charge in [0.15, 0.2) is 0 Å². The van der Waals surface area contributed by atoms with Crippen LogP contribution in [0.25, 0.3) is 0 Å². The number of hydrogen-bond acceptors (Lipinski definition) is 8. The predicted molar refractivity (Wildman–Crippen MR) is 90.3 cm³/mol. The Bertz CT molecular complexity index is 723. The van der Waals surface area contributed by atoms with Crippen LogP contribution in [0.3, 0.4) is 0 Å². The van der Waals surface area contributed by atoms with Crippen LogP contribution in [0, 0.1) is 10.1 Å². The maximum atomic E-state index is 11.4. The van der Waals surface area contributed by atoms with Crippen molar-refractivity contribution in [2.24, 2.45) is 0 Å². The summed E-state index contributed by atoms with van der Waals surface area (Å²) in [6.07, 6.45) is 2.08. The van der Waals surface area contributed by atoms with Crippen LogP contribution in [0.5, 0.6) is 11.5 Å². The molecule has 0 radical (unpaired) electrons. The molecule has 0 atom stereocenters. The highest BCUT2D eigenvalue weighted by molar-refractivity contribution is 5.76. The van der Waals surface area contributed by atoms with Crippen molar-refractivity contribution in [3.63, 3.8) is 0 Å². The lowest BCUT2D eigenvalue weighted by Crippen LogP contribution is -2.09. The summed E-state index contributed by atoms with van der Waals surface area (Å²) >= 11 is 0. The number of benzene rings is 1. The molecule has 128 valence electrons. The summed E-state index contributed by atoms with van der Waals surface area (Å²) in [5.41, 5.74) is 0.311. The number of anilines is 3. The predicted octanol–water partition coefficient (Wildman–Crippen LogP) is 2.97. The van der Waals surface area contributed by atoms with E-state index in [1.54, 1.807) is 25.3 Å². The van der Waals surface area contributed by atoms with Gasteiger partial charge in [0.1, 0.15) is 17.8 Å². The molecule has 1 aromatic heterocycles. The van der Waals surface area contributed by atoms with E-state index in [4.69, 9.17) is 9.47 Å². The van der Waals surface area contributed by atoms with Crippen LogP contribution in [0.4, 0.5) is 23.0 Å². The van der Waals surface area contributed by atoms with Gasteiger partial charge in [0.05, 0.1) is 24.8 Å². The molecule has 0 bridgehead atoms. The molecule has 0 saturated heterocycles. The van der Waals surface area contributed by atoms with E-state index in [1.807, 2.05) is 6.92 Å². The molecule has 1 aromatic carbocycles. The third kappa shape index (κ3) is 3.80. The van der Waals surface area contributed by atoms with E-state index in [-0.39, 0.29) is 17.3 Å². The zero-order chi connectivity index (χ0) is 17.5. The van der Waals surface area contributed by atoms with Gasteiger partial charge < -0.3 is 20.1 Å². The van der Waals surface area contributed by atoms with Crippen molar-refractivity contribution in [2.45, 2.75) is 13.3 Å². The minimum atomic E-state index is -0.518. The second-order valence-electron chi connectivity index (χ2n) is 4.79. The number of nitro groups is 1. The van der Waals surface area contributed by atoms with Crippen molar-refractivity contribution in [1.82, 2.24) is 9.97 Å². The number of nitrogens with zero attached hydrogens (tertiary/aromatic N) is 3. The fourth-order valence-corrected chi connectivity index (χ4v) is 2.05. The maximum Gasteiger partial charge on any atom is 0.353 e. The van der Waals surface area contributed by atoms with E-state index < -0.39 is 4.92 Å². The lowest BCUT2D eigenvalue weighted by Gasteiger charge is -2.13. The quantitative estimate of drug-likeness (QED) is 0.560. The zero-order valence-electron chi connectivity index (χ0n) is 13.7. The molecule has 0 spiro atoms. The second kappa shape index (κ2) is 7.95. The Balaban J connectivity index is 2.40. The van der Waals surface area contributed by atoms with Crippen molar-refractivity contribution in [3.8, 4) is 11.5 Å². The number of rotatable bonds is 8. The van der Waals surface area contributed by atoms with Crippen LogP contribution < -0.4 is 20.1 Å². The summed E-state index contributed by atoms with van der Waals surface area (Å²) in [6, 6.07) is 5.09. The largest absolute Gasteiger partial charge is 0.497 e. The number of methoxy groups -OCH3 is 2. The minimum Gasteiger partial charge on any atom is -0.497 e. The van der Waals surface area contributed by atoms with Gasteiger partial charge in [-0.05, 0) is 18.6 Å². The van der Waals surface area contributed by atoms with Crippen molar-refractivity contribution in [3.05, 3.63) is 34.6 Å². The van der Waals surface area contributed by atoms with Crippen molar-refractivity contribution < 1.29 is 14.4 Å². The zero-order valence-corrected chi connectivity index (χ0v) is 13.7. The normalized spacial score (nSPS) is 10.1. The Morgan fingerprint density at radius 2 is 1.96 bits per heavy atom. The average Bonchev–Trinajstić information content (AvgIpc) is 2.60. The molecule has 9 heteroatoms. The molecule has 0 aliphatic carbocycles. The van der Waals surface area contributed by atoms with E-state index in [1.165, 1.54) is 13.4 Å². The van der Waals surface area contributed by atoms with E-state index in [0.717, 1.165) is 6.42 Å². The average molecular weight is 333 g/mol. The molecule has 0 aliphatic heterocycles. The van der Waals surface area contributed by atoms with Gasteiger partial charge in [-0.25, -0.2) is 9.97 Å². The number of aromatic nitrogens is 2. The highest BCUT2D eigenvalue weighted by atomic mass is 16.6. The van der Waals surface area contributed by atoms with Crippen LogP contribution >= 0.6 is 0 Å². The molecule has 2 N–H and O–H groups in total.